The predicted molar refractivity (Wildman–Crippen MR) is 220 cm³/mol. The van der Waals surface area contributed by atoms with Gasteiger partial charge in [0.25, 0.3) is 0 Å². The number of aliphatic hydroxyl groups excluding tert-OH is 3. The van der Waals surface area contributed by atoms with Crippen LogP contribution in [-0.2, 0) is 25.7 Å². The van der Waals surface area contributed by atoms with Crippen molar-refractivity contribution in [1.82, 2.24) is 19.9 Å². The molecule has 2 fully saturated rings. The summed E-state index contributed by atoms with van der Waals surface area (Å²) >= 11 is 9.82. The van der Waals surface area contributed by atoms with E-state index in [4.69, 9.17) is 27.5 Å². The van der Waals surface area contributed by atoms with Crippen molar-refractivity contribution in [3.8, 4) is 0 Å². The number of hydrogen-bond donors (Lipinski definition) is 5. The van der Waals surface area contributed by atoms with Crippen LogP contribution in [0.4, 0.5) is 5.82 Å². The number of halogens is 1. The Labute approximate surface area is 324 Å². The highest BCUT2D eigenvalue weighted by Crippen LogP contribution is 2.42. The number of aliphatic hydroxyl groups is 3. The Bertz CT molecular complexity index is 1650. The summed E-state index contributed by atoms with van der Waals surface area (Å²) < 4.78 is 0. The summed E-state index contributed by atoms with van der Waals surface area (Å²) in [5.41, 5.74) is 8.49. The minimum atomic E-state index is -0.167. The highest BCUT2D eigenvalue weighted by Gasteiger charge is 2.27. The van der Waals surface area contributed by atoms with Crippen LogP contribution in [0.3, 0.4) is 0 Å². The van der Waals surface area contributed by atoms with Crippen LogP contribution in [-0.4, -0.2) is 65.7 Å². The molecule has 2 unspecified atom stereocenters. The Kier molecular flexibility index (Phi) is 17.0. The van der Waals surface area contributed by atoms with Gasteiger partial charge in [-0.05, 0) is 127 Å². The van der Waals surface area contributed by atoms with E-state index in [-0.39, 0.29) is 25.7 Å². The van der Waals surface area contributed by atoms with E-state index < -0.39 is 0 Å². The zero-order valence-corrected chi connectivity index (χ0v) is 33.3. The summed E-state index contributed by atoms with van der Waals surface area (Å²) in [6.07, 6.45) is 20.4. The molecule has 6 N–H and O–H groups in total. The van der Waals surface area contributed by atoms with Gasteiger partial charge < -0.3 is 26.4 Å². The molecule has 12 heteroatoms. The topological polar surface area (TPSA) is 150 Å². The minimum Gasteiger partial charge on any atom is -0.394 e. The fourth-order valence-corrected chi connectivity index (χ4v) is 10.5. The van der Waals surface area contributed by atoms with Crippen molar-refractivity contribution in [3.63, 3.8) is 0 Å². The SMILES string of the molecule is C.CC(C)O.CCC1CCc2c(sc3ncnc(Cl)c23)C1.CCC1CCc2c(sc3ncnc(NC4CCC(O)CC4)c23)C1.NC1CCC(O)CC1. The summed E-state index contributed by atoms with van der Waals surface area (Å²) in [6.45, 7) is 8.02. The molecule has 290 valence electrons. The van der Waals surface area contributed by atoms with Crippen LogP contribution in [0.25, 0.3) is 20.4 Å². The van der Waals surface area contributed by atoms with E-state index >= 15 is 0 Å². The molecule has 0 radical (unpaired) electrons. The third-order valence-electron chi connectivity index (χ3n) is 10.8. The Balaban J connectivity index is 0.000000180. The largest absolute Gasteiger partial charge is 0.394 e. The van der Waals surface area contributed by atoms with Gasteiger partial charge in [-0.25, -0.2) is 19.9 Å². The number of nitrogens with one attached hydrogen (secondary N) is 1. The fourth-order valence-electron chi connectivity index (χ4n) is 7.64. The van der Waals surface area contributed by atoms with Gasteiger partial charge in [-0.3, -0.25) is 0 Å². The smallest absolute Gasteiger partial charge is 0.141 e. The Morgan fingerprint density at radius 3 is 1.71 bits per heavy atom. The van der Waals surface area contributed by atoms with Gasteiger partial charge >= 0.3 is 0 Å². The molecule has 0 spiro atoms. The molecule has 0 aliphatic heterocycles. The van der Waals surface area contributed by atoms with Crippen molar-refractivity contribution in [3.05, 3.63) is 38.7 Å². The van der Waals surface area contributed by atoms with E-state index in [9.17, 15) is 5.11 Å². The van der Waals surface area contributed by atoms with Crippen LogP contribution < -0.4 is 11.1 Å². The molecule has 4 heterocycles. The van der Waals surface area contributed by atoms with Gasteiger partial charge in [-0.1, -0.05) is 45.7 Å². The first-order chi connectivity index (χ1) is 24.6. The van der Waals surface area contributed by atoms with Crippen molar-refractivity contribution >= 4 is 60.5 Å². The average molecular weight is 776 g/mol. The molecule has 0 amide bonds. The second-order valence-corrected chi connectivity index (χ2v) is 17.6. The summed E-state index contributed by atoms with van der Waals surface area (Å²) in [5.74, 6) is 2.69. The zero-order valence-electron chi connectivity index (χ0n) is 30.9. The highest BCUT2D eigenvalue weighted by atomic mass is 35.5. The minimum absolute atomic E-state index is 0. The normalized spacial score (nSPS) is 25.3. The van der Waals surface area contributed by atoms with Gasteiger partial charge in [-0.2, -0.15) is 0 Å². The summed E-state index contributed by atoms with van der Waals surface area (Å²) in [5, 5.41) is 33.4. The number of hydrogen-bond acceptors (Lipinski definition) is 11. The Morgan fingerprint density at radius 1 is 0.750 bits per heavy atom. The third kappa shape index (κ3) is 11.5. The van der Waals surface area contributed by atoms with Crippen LogP contribution in [0.15, 0.2) is 12.7 Å². The van der Waals surface area contributed by atoms with Crippen molar-refractivity contribution in [2.75, 3.05) is 5.32 Å². The van der Waals surface area contributed by atoms with E-state index in [0.29, 0.717) is 17.2 Å². The number of thiophene rings is 2. The van der Waals surface area contributed by atoms with Crippen LogP contribution in [0.2, 0.25) is 5.15 Å². The first kappa shape index (κ1) is 42.7. The average Bonchev–Trinajstić information content (AvgIpc) is 3.69. The van der Waals surface area contributed by atoms with Gasteiger partial charge in [0.15, 0.2) is 0 Å². The summed E-state index contributed by atoms with van der Waals surface area (Å²) in [7, 11) is 0. The quantitative estimate of drug-likeness (QED) is 0.128. The third-order valence-corrected chi connectivity index (χ3v) is 13.4. The maximum Gasteiger partial charge on any atom is 0.141 e. The van der Waals surface area contributed by atoms with Gasteiger partial charge in [0, 0.05) is 27.9 Å². The molecule has 4 aromatic heterocycles. The first-order valence-corrected chi connectivity index (χ1v) is 21.3. The molecule has 2 atom stereocenters. The maximum absolute atomic E-state index is 9.69. The molecule has 2 saturated carbocycles. The standard InChI is InChI=1S/C18H25N3OS.C12H13ClN2S.C6H13NO.C3H8O.CH4/c1-2-11-3-8-14-15(9-11)23-18-16(14)17(19-10-20-18)21-12-4-6-13(22)7-5-12;1-2-7-3-4-8-9(5-7)16-12-10(8)11(13)14-6-15-12;7-5-1-3-6(8)4-2-5;1-3(2)4;/h10-13,22H,2-9H2,1H3,(H,19,20,21);6-7H,2-5H2,1H3;5-6,8H,1-4,7H2;3-4H,1-2H3;1H4. The second kappa shape index (κ2) is 20.6. The molecule has 0 bridgehead atoms. The number of aryl methyl sites for hydroxylation is 2. The molecule has 0 saturated heterocycles. The number of nitrogens with zero attached hydrogens (tertiary/aromatic N) is 4. The zero-order chi connectivity index (χ0) is 36.5. The van der Waals surface area contributed by atoms with Crippen molar-refractivity contribution in [2.24, 2.45) is 17.6 Å². The van der Waals surface area contributed by atoms with Gasteiger partial charge in [0.2, 0.25) is 0 Å². The van der Waals surface area contributed by atoms with Crippen molar-refractivity contribution < 1.29 is 15.3 Å². The molecule has 4 aliphatic carbocycles. The van der Waals surface area contributed by atoms with Crippen LogP contribution in [0.5, 0.6) is 0 Å². The van der Waals surface area contributed by atoms with Crippen LogP contribution in [0, 0.1) is 11.8 Å². The van der Waals surface area contributed by atoms with Gasteiger partial charge in [0.1, 0.15) is 33.3 Å². The van der Waals surface area contributed by atoms with E-state index in [2.05, 4.69) is 39.1 Å². The molecule has 4 aliphatic rings. The second-order valence-electron chi connectivity index (χ2n) is 15.1. The highest BCUT2D eigenvalue weighted by molar-refractivity contribution is 7.19. The number of fused-ring (bicyclic) bond motifs is 6. The van der Waals surface area contributed by atoms with Crippen molar-refractivity contribution in [1.29, 1.82) is 0 Å². The first-order valence-electron chi connectivity index (χ1n) is 19.3. The number of nitrogens with two attached hydrogens (primary N) is 1. The molecule has 4 aromatic rings. The lowest BCUT2D eigenvalue weighted by molar-refractivity contribution is 0.123. The monoisotopic (exact) mass is 774 g/mol. The Hall–Kier alpha value is -1.99. The van der Waals surface area contributed by atoms with Gasteiger partial charge in [0.05, 0.1) is 23.0 Å². The number of rotatable bonds is 4. The molecular formula is C40H63ClN6O3S2. The lowest BCUT2D eigenvalue weighted by Crippen LogP contribution is -2.28. The van der Waals surface area contributed by atoms with Gasteiger partial charge in [-0.15, -0.1) is 22.7 Å². The van der Waals surface area contributed by atoms with E-state index in [1.54, 1.807) is 37.8 Å². The summed E-state index contributed by atoms with van der Waals surface area (Å²) in [6, 6.07) is 0.789. The van der Waals surface area contributed by atoms with Crippen molar-refractivity contribution in [2.45, 2.75) is 168 Å². The number of aromatic nitrogens is 4. The predicted octanol–water partition coefficient (Wildman–Crippen LogP) is 9.05. The lowest BCUT2D eigenvalue weighted by Gasteiger charge is -2.27. The molecular weight excluding hydrogens is 712 g/mol. The summed E-state index contributed by atoms with van der Waals surface area (Å²) in [4.78, 5) is 22.7. The number of anilines is 1. The Morgan fingerprint density at radius 2 is 1.21 bits per heavy atom. The van der Waals surface area contributed by atoms with E-state index in [1.165, 1.54) is 71.2 Å². The maximum atomic E-state index is 9.69. The van der Waals surface area contributed by atoms with E-state index in [1.807, 2.05) is 11.3 Å². The van der Waals surface area contributed by atoms with E-state index in [0.717, 1.165) is 90.5 Å². The fraction of sp³-hybridized carbons (Fsp3) is 0.700. The molecule has 8 rings (SSSR count). The lowest BCUT2D eigenvalue weighted by atomic mass is 9.86. The molecule has 9 nitrogen and oxygen atoms in total. The van der Waals surface area contributed by atoms with Crippen LogP contribution in [0.1, 0.15) is 133 Å². The molecule has 0 aromatic carbocycles. The van der Waals surface area contributed by atoms with Crippen LogP contribution >= 0.6 is 34.3 Å². The molecule has 52 heavy (non-hydrogen) atoms.